The lowest BCUT2D eigenvalue weighted by atomic mass is 9.87. The molecule has 49 heavy (non-hydrogen) atoms. The predicted octanol–water partition coefficient (Wildman–Crippen LogP) is 3.61. The molecule has 3 fully saturated rings. The molecule has 4 aliphatic rings. The number of carbonyl (C=O) groups is 3. The van der Waals surface area contributed by atoms with Crippen LogP contribution in [0.5, 0.6) is 0 Å². The molecule has 1 aromatic heterocycles. The molecule has 2 aromatic carbocycles. The highest BCUT2D eigenvalue weighted by Gasteiger charge is 2.39. The molecule has 0 spiro atoms. The zero-order valence-corrected chi connectivity index (χ0v) is 30.0. The van der Waals surface area contributed by atoms with Crippen LogP contribution in [-0.4, -0.2) is 94.6 Å². The number of rotatable bonds is 7. The maximum Gasteiger partial charge on any atom is 0.282 e. The van der Waals surface area contributed by atoms with Crippen LogP contribution in [0.3, 0.4) is 0 Å². The van der Waals surface area contributed by atoms with E-state index in [1.807, 2.05) is 6.07 Å². The van der Waals surface area contributed by atoms with Crippen LogP contribution in [0.25, 0.3) is 0 Å². The molecule has 258 valence electrons. The van der Waals surface area contributed by atoms with Crippen molar-refractivity contribution < 1.29 is 14.4 Å². The van der Waals surface area contributed by atoms with Crippen molar-refractivity contribution in [1.29, 1.82) is 0 Å². The summed E-state index contributed by atoms with van der Waals surface area (Å²) < 4.78 is 1.90. The Morgan fingerprint density at radius 3 is 2.41 bits per heavy atom. The molecule has 0 bridgehead atoms. The summed E-state index contributed by atoms with van der Waals surface area (Å²) in [5, 5.41) is 6.63. The van der Waals surface area contributed by atoms with Crippen molar-refractivity contribution in [2.24, 2.45) is 7.05 Å². The van der Waals surface area contributed by atoms with Gasteiger partial charge in [-0.1, -0.05) is 36.4 Å². The van der Waals surface area contributed by atoms with Gasteiger partial charge in [-0.3, -0.25) is 29.4 Å². The largest absolute Gasteiger partial charge is 0.368 e. The van der Waals surface area contributed by atoms with Gasteiger partial charge in [0.05, 0.1) is 11.9 Å². The summed E-state index contributed by atoms with van der Waals surface area (Å²) in [6.45, 7) is 5.29. The van der Waals surface area contributed by atoms with Crippen LogP contribution >= 0.6 is 15.9 Å². The number of anilines is 1. The quantitative estimate of drug-likeness (QED) is 0.368. The Labute approximate surface area is 295 Å². The second-order valence-corrected chi connectivity index (χ2v) is 15.1. The first-order valence-corrected chi connectivity index (χ1v) is 18.1. The van der Waals surface area contributed by atoms with Crippen molar-refractivity contribution in [2.75, 3.05) is 45.2 Å². The van der Waals surface area contributed by atoms with Gasteiger partial charge in [-0.05, 0) is 102 Å². The molecule has 3 atom stereocenters. The summed E-state index contributed by atoms with van der Waals surface area (Å²) in [5.74, 6) is 0.0726. The number of halogens is 1. The molecule has 0 radical (unpaired) electrons. The minimum Gasteiger partial charge on any atom is -0.368 e. The minimum atomic E-state index is -0.584. The first-order valence-electron chi connectivity index (χ1n) is 17.3. The Bertz CT molecular complexity index is 1820. The van der Waals surface area contributed by atoms with Crippen LogP contribution in [0.1, 0.15) is 76.6 Å². The fourth-order valence-corrected chi connectivity index (χ4v) is 8.82. The molecular formula is C37H44BrN7O4. The van der Waals surface area contributed by atoms with Crippen molar-refractivity contribution >= 4 is 39.3 Å². The second-order valence-electron chi connectivity index (χ2n) is 14.3. The van der Waals surface area contributed by atoms with Gasteiger partial charge in [0.15, 0.2) is 0 Å². The highest BCUT2D eigenvalue weighted by Crippen LogP contribution is 2.35. The van der Waals surface area contributed by atoms with Crippen LogP contribution in [0.2, 0.25) is 0 Å². The van der Waals surface area contributed by atoms with Gasteiger partial charge in [0.2, 0.25) is 11.8 Å². The van der Waals surface area contributed by atoms with E-state index in [1.54, 1.807) is 18.1 Å². The summed E-state index contributed by atoms with van der Waals surface area (Å²) in [6, 6.07) is 15.0. The van der Waals surface area contributed by atoms with Gasteiger partial charge in [-0.2, -0.15) is 5.10 Å². The molecule has 5 heterocycles. The van der Waals surface area contributed by atoms with Gasteiger partial charge < -0.3 is 14.7 Å². The van der Waals surface area contributed by atoms with Gasteiger partial charge in [-0.25, -0.2) is 4.68 Å². The van der Waals surface area contributed by atoms with Crippen molar-refractivity contribution in [3.05, 3.63) is 91.3 Å². The summed E-state index contributed by atoms with van der Waals surface area (Å²) in [5.41, 5.74) is 6.27. The average Bonchev–Trinajstić information content (AvgIpc) is 3.42. The summed E-state index contributed by atoms with van der Waals surface area (Å²) in [6.07, 6.45) is 5.52. The maximum atomic E-state index is 13.1. The Morgan fingerprint density at radius 1 is 0.939 bits per heavy atom. The van der Waals surface area contributed by atoms with Gasteiger partial charge in [0, 0.05) is 58.3 Å². The number of carbonyl (C=O) groups excluding carboxylic acids is 3. The van der Waals surface area contributed by atoms with Crippen LogP contribution in [0, 0.1) is 0 Å². The fourth-order valence-electron chi connectivity index (χ4n) is 8.18. The van der Waals surface area contributed by atoms with E-state index in [-0.39, 0.29) is 35.7 Å². The number of piperidine rings is 3. The van der Waals surface area contributed by atoms with Crippen LogP contribution in [-0.2, 0) is 29.7 Å². The van der Waals surface area contributed by atoms with Crippen molar-refractivity contribution in [3.8, 4) is 0 Å². The number of likely N-dealkylation sites (N-methyl/N-ethyl adjacent to an activating group) is 2. The number of imide groups is 1. The Hall–Kier alpha value is -3.87. The van der Waals surface area contributed by atoms with Crippen molar-refractivity contribution in [1.82, 2.24) is 29.8 Å². The van der Waals surface area contributed by atoms with E-state index in [0.29, 0.717) is 34.8 Å². The van der Waals surface area contributed by atoms with Crippen LogP contribution < -0.4 is 15.8 Å². The second kappa shape index (κ2) is 13.8. The molecule has 1 N–H and O–H groups in total. The molecule has 3 saturated heterocycles. The topological polar surface area (TPSA) is 111 Å². The smallest absolute Gasteiger partial charge is 0.282 e. The number of hydrogen-bond donors (Lipinski definition) is 1. The highest BCUT2D eigenvalue weighted by atomic mass is 79.9. The van der Waals surface area contributed by atoms with E-state index in [0.717, 1.165) is 63.2 Å². The first kappa shape index (κ1) is 33.6. The molecule has 7 rings (SSSR count). The first-order chi connectivity index (χ1) is 23.5. The van der Waals surface area contributed by atoms with Crippen LogP contribution in [0.4, 0.5) is 5.69 Å². The lowest BCUT2D eigenvalue weighted by Crippen LogP contribution is -2.52. The van der Waals surface area contributed by atoms with E-state index >= 15 is 0 Å². The van der Waals surface area contributed by atoms with Gasteiger partial charge in [0.25, 0.3) is 11.5 Å². The van der Waals surface area contributed by atoms with E-state index < -0.39 is 6.04 Å². The monoisotopic (exact) mass is 729 g/mol. The number of fused-ring (bicyclic) bond motifs is 1. The van der Waals surface area contributed by atoms with Gasteiger partial charge in [0.1, 0.15) is 10.5 Å². The SMILES string of the molecule is CN1CC(c2ccc(CN3CCC(c4ccc5c(c4)CN(C4CCC(=O)NC4=O)C5=O)CC3)cc2)CC(N(C)c2cnn(C)c(=O)c2Br)C1. The third kappa shape index (κ3) is 6.82. The molecule has 0 aliphatic carbocycles. The highest BCUT2D eigenvalue weighted by molar-refractivity contribution is 9.10. The molecule has 3 unspecified atom stereocenters. The predicted molar refractivity (Wildman–Crippen MR) is 190 cm³/mol. The zero-order valence-electron chi connectivity index (χ0n) is 28.4. The van der Waals surface area contributed by atoms with Crippen LogP contribution in [0.15, 0.2) is 57.9 Å². The van der Waals surface area contributed by atoms with E-state index in [2.05, 4.69) is 91.5 Å². The summed E-state index contributed by atoms with van der Waals surface area (Å²) >= 11 is 3.50. The van der Waals surface area contributed by atoms with Crippen molar-refractivity contribution in [2.45, 2.75) is 69.1 Å². The number of hydrogen-bond acceptors (Lipinski definition) is 8. The molecule has 12 heteroatoms. The molecule has 3 aromatic rings. The minimum absolute atomic E-state index is 0.120. The van der Waals surface area contributed by atoms with E-state index in [4.69, 9.17) is 0 Å². The Balaban J connectivity index is 0.932. The normalized spacial score (nSPS) is 23.9. The number of nitrogens with one attached hydrogen (secondary N) is 1. The Morgan fingerprint density at radius 2 is 1.67 bits per heavy atom. The number of likely N-dealkylation sites (tertiary alicyclic amines) is 2. The molecule has 0 saturated carbocycles. The third-order valence-electron chi connectivity index (χ3n) is 11.1. The summed E-state index contributed by atoms with van der Waals surface area (Å²) in [7, 11) is 5.88. The number of aromatic nitrogens is 2. The molecule has 3 amide bonds. The van der Waals surface area contributed by atoms with Gasteiger partial charge >= 0.3 is 0 Å². The number of benzene rings is 2. The average molecular weight is 731 g/mol. The molecule has 11 nitrogen and oxygen atoms in total. The number of aryl methyl sites for hydroxylation is 1. The summed E-state index contributed by atoms with van der Waals surface area (Å²) in [4.78, 5) is 58.3. The molecular weight excluding hydrogens is 686 g/mol. The Kier molecular flexibility index (Phi) is 9.47. The number of nitrogens with zero attached hydrogens (tertiary/aromatic N) is 6. The zero-order chi connectivity index (χ0) is 34.4. The van der Waals surface area contributed by atoms with Crippen molar-refractivity contribution in [3.63, 3.8) is 0 Å². The van der Waals surface area contributed by atoms with E-state index in [9.17, 15) is 19.2 Å². The lowest BCUT2D eigenvalue weighted by Gasteiger charge is -2.41. The lowest BCUT2D eigenvalue weighted by molar-refractivity contribution is -0.136. The number of amides is 3. The fraction of sp³-hybridized carbons (Fsp3) is 0.486. The molecule has 4 aliphatic heterocycles. The third-order valence-corrected chi connectivity index (χ3v) is 11.8. The maximum absolute atomic E-state index is 13.1. The standard InChI is InChI=1S/C37H44BrN7O4/c1-41-20-27(17-29(22-41)42(2)32-18-39-43(3)37(49)34(32)38)24-6-4-23(5-7-24)19-44-14-12-25(13-15-44)26-8-9-30-28(16-26)21-45(36(30)48)31-10-11-33(46)40-35(31)47/h4-9,16,18,25,27,29,31H,10-15,17,19-22H2,1-3H3,(H,40,46,47). The van der Waals surface area contributed by atoms with E-state index in [1.165, 1.54) is 21.4 Å². The van der Waals surface area contributed by atoms with Gasteiger partial charge in [-0.15, -0.1) is 0 Å².